The van der Waals surface area contributed by atoms with E-state index < -0.39 is 0 Å². The molecule has 9 heteroatoms. The maximum absolute atomic E-state index is 13.0. The first-order chi connectivity index (χ1) is 19.8. The van der Waals surface area contributed by atoms with Crippen LogP contribution in [0.25, 0.3) is 22.3 Å². The van der Waals surface area contributed by atoms with Gasteiger partial charge in [0, 0.05) is 42.8 Å². The molecular weight excluding hydrogens is 516 g/mol. The van der Waals surface area contributed by atoms with Crippen molar-refractivity contribution in [2.45, 2.75) is 58.1 Å². The molecule has 2 aliphatic heterocycles. The number of carbonyl (C=O) groups is 1. The molecule has 2 aliphatic rings. The third-order valence-corrected chi connectivity index (χ3v) is 7.83. The van der Waals surface area contributed by atoms with Gasteiger partial charge >= 0.3 is 0 Å². The lowest BCUT2D eigenvalue weighted by Crippen LogP contribution is -2.45. The van der Waals surface area contributed by atoms with E-state index in [1.54, 1.807) is 6.20 Å². The predicted molar refractivity (Wildman–Crippen MR) is 159 cm³/mol. The Morgan fingerprint density at radius 3 is 2.66 bits per heavy atom. The van der Waals surface area contributed by atoms with Crippen LogP contribution in [-0.2, 0) is 11.3 Å². The highest BCUT2D eigenvalue weighted by molar-refractivity contribution is 5.94. The first kappa shape index (κ1) is 27.3. The highest BCUT2D eigenvalue weighted by Crippen LogP contribution is 2.27. The Bertz CT molecular complexity index is 1570. The van der Waals surface area contributed by atoms with Gasteiger partial charge in [-0.3, -0.25) is 9.78 Å². The van der Waals surface area contributed by atoms with Crippen LogP contribution in [0.3, 0.4) is 0 Å². The van der Waals surface area contributed by atoms with Crippen LogP contribution in [0.1, 0.15) is 53.5 Å². The third-order valence-electron chi connectivity index (χ3n) is 7.83. The van der Waals surface area contributed by atoms with E-state index in [9.17, 15) is 9.90 Å². The van der Waals surface area contributed by atoms with Crippen LogP contribution < -0.4 is 15.5 Å². The molecule has 4 aromatic rings. The molecule has 5 heterocycles. The van der Waals surface area contributed by atoms with Gasteiger partial charge in [0.1, 0.15) is 5.82 Å². The van der Waals surface area contributed by atoms with Crippen molar-refractivity contribution >= 4 is 22.6 Å². The average molecular weight is 553 g/mol. The van der Waals surface area contributed by atoms with Crippen molar-refractivity contribution in [2.24, 2.45) is 0 Å². The number of anilines is 1. The summed E-state index contributed by atoms with van der Waals surface area (Å²) in [6.45, 7) is 8.66. The molecule has 1 aromatic carbocycles. The van der Waals surface area contributed by atoms with E-state index in [0.717, 1.165) is 58.0 Å². The summed E-state index contributed by atoms with van der Waals surface area (Å²) in [5, 5.41) is 17.2. The fraction of sp³-hybridized carbons (Fsp3) is 0.375. The van der Waals surface area contributed by atoms with Crippen LogP contribution in [0, 0.1) is 6.92 Å². The lowest BCUT2D eigenvalue weighted by Gasteiger charge is -2.36. The van der Waals surface area contributed by atoms with Gasteiger partial charge < -0.3 is 25.4 Å². The van der Waals surface area contributed by atoms with Crippen molar-refractivity contribution in [3.05, 3.63) is 83.2 Å². The number of hydrogen-bond acceptors (Lipinski definition) is 8. The van der Waals surface area contributed by atoms with Crippen molar-refractivity contribution in [2.75, 3.05) is 24.5 Å². The second-order valence-corrected chi connectivity index (χ2v) is 11.2. The molecule has 2 saturated heterocycles. The zero-order valence-electron chi connectivity index (χ0n) is 23.7. The monoisotopic (exact) mass is 552 g/mol. The number of nitrogens with zero attached hydrogens (tertiary/aromatic N) is 4. The van der Waals surface area contributed by atoms with Crippen molar-refractivity contribution < 1.29 is 14.6 Å². The van der Waals surface area contributed by atoms with Gasteiger partial charge in [0.2, 0.25) is 0 Å². The number of morpholine rings is 1. The zero-order valence-corrected chi connectivity index (χ0v) is 23.7. The highest BCUT2D eigenvalue weighted by atomic mass is 16.5. The van der Waals surface area contributed by atoms with Crippen molar-refractivity contribution in [3.8, 4) is 11.4 Å². The molecule has 0 bridgehead atoms. The smallest absolute Gasteiger partial charge is 0.251 e. The zero-order chi connectivity index (χ0) is 28.5. The molecule has 3 aromatic heterocycles. The van der Waals surface area contributed by atoms with Gasteiger partial charge in [-0.05, 0) is 80.8 Å². The second kappa shape index (κ2) is 11.5. The van der Waals surface area contributed by atoms with Gasteiger partial charge in [-0.2, -0.15) is 0 Å². The van der Waals surface area contributed by atoms with Crippen LogP contribution in [-0.4, -0.2) is 63.9 Å². The topological polar surface area (TPSA) is 113 Å². The number of ether oxygens (including phenoxy) is 1. The molecule has 212 valence electrons. The summed E-state index contributed by atoms with van der Waals surface area (Å²) in [6, 6.07) is 17.7. The number of hydrogen-bond donors (Lipinski definition) is 3. The lowest BCUT2D eigenvalue weighted by atomic mass is 9.97. The van der Waals surface area contributed by atoms with Gasteiger partial charge in [0.05, 0.1) is 47.5 Å². The Morgan fingerprint density at radius 2 is 1.88 bits per heavy atom. The van der Waals surface area contributed by atoms with Gasteiger partial charge in [-0.15, -0.1) is 0 Å². The van der Waals surface area contributed by atoms with Crippen LogP contribution in [0.4, 0.5) is 5.82 Å². The number of nitrogens with one attached hydrogen (secondary N) is 2. The Balaban J connectivity index is 1.17. The number of carbonyl (C=O) groups excluding carboxylic acids is 1. The largest absolute Gasteiger partial charge is 0.392 e. The minimum absolute atomic E-state index is 0.0522. The first-order valence-corrected chi connectivity index (χ1v) is 14.3. The number of pyridine rings is 3. The average Bonchev–Trinajstić information content (AvgIpc) is 3.41. The summed E-state index contributed by atoms with van der Waals surface area (Å²) in [5.74, 6) is 0.754. The summed E-state index contributed by atoms with van der Waals surface area (Å²) in [5.41, 5.74) is 5.85. The van der Waals surface area contributed by atoms with Crippen molar-refractivity contribution in [1.82, 2.24) is 25.6 Å². The Hall–Kier alpha value is -3.92. The lowest BCUT2D eigenvalue weighted by molar-refractivity contribution is -0.00545. The van der Waals surface area contributed by atoms with Crippen molar-refractivity contribution in [3.63, 3.8) is 0 Å². The Labute approximate surface area is 240 Å². The predicted octanol–water partition coefficient (Wildman–Crippen LogP) is 3.94. The number of aromatic nitrogens is 3. The van der Waals surface area contributed by atoms with Crippen LogP contribution in [0.5, 0.6) is 0 Å². The number of aliphatic hydroxyl groups excluding tert-OH is 1. The van der Waals surface area contributed by atoms with E-state index in [2.05, 4.69) is 34.4 Å². The van der Waals surface area contributed by atoms with E-state index in [4.69, 9.17) is 14.7 Å². The first-order valence-electron chi connectivity index (χ1n) is 14.3. The van der Waals surface area contributed by atoms with E-state index in [0.29, 0.717) is 18.5 Å². The molecule has 1 amide bonds. The number of rotatable bonds is 6. The highest BCUT2D eigenvalue weighted by Gasteiger charge is 2.26. The summed E-state index contributed by atoms with van der Waals surface area (Å²) < 4.78 is 5.88. The Morgan fingerprint density at radius 1 is 1.07 bits per heavy atom. The van der Waals surface area contributed by atoms with E-state index in [1.165, 1.54) is 0 Å². The number of aryl methyl sites for hydroxylation is 1. The minimum Gasteiger partial charge on any atom is -0.392 e. The standard InChI is InChI=1S/C32H36N6O3/c1-19-7-8-22(11-26(19)30-13-25(39)16-34-30)32(40)35-15-24-12-29-23(14-33-24)9-10-28(36-29)27-5-4-6-31(37-27)38-17-20(2)41-21(3)18-38/h4-12,14,20-21,25,30,34,39H,13,15-18H2,1-3H3,(H,35,40)/t20-,21+,25-,30+/m0/s1. The van der Waals surface area contributed by atoms with E-state index >= 15 is 0 Å². The number of amides is 1. The van der Waals surface area contributed by atoms with Crippen molar-refractivity contribution in [1.29, 1.82) is 0 Å². The minimum atomic E-state index is -0.359. The number of fused-ring (bicyclic) bond motifs is 1. The van der Waals surface area contributed by atoms with Crippen LogP contribution >= 0.6 is 0 Å². The summed E-state index contributed by atoms with van der Waals surface area (Å²) in [4.78, 5) is 29.6. The van der Waals surface area contributed by atoms with Gasteiger partial charge in [-0.1, -0.05) is 12.1 Å². The molecule has 0 spiro atoms. The SMILES string of the molecule is Cc1ccc(C(=O)NCc2cc3nc(-c4cccc(N5C[C@@H](C)O[C@@H](C)C5)n4)ccc3cn2)cc1[C@H]1C[C@H](O)CN1. The number of β-amino-alcohol motifs (C(OH)–C–C–N with tert-alkyl or cyclic N) is 1. The molecule has 2 fully saturated rings. The summed E-state index contributed by atoms with van der Waals surface area (Å²) >= 11 is 0. The molecule has 0 saturated carbocycles. The maximum atomic E-state index is 13.0. The van der Waals surface area contributed by atoms with E-state index in [-0.39, 0.29) is 36.8 Å². The summed E-state index contributed by atoms with van der Waals surface area (Å²) in [6.07, 6.45) is 2.38. The number of aliphatic hydroxyl groups is 1. The molecule has 0 unspecified atom stereocenters. The van der Waals surface area contributed by atoms with E-state index in [1.807, 2.05) is 61.5 Å². The van der Waals surface area contributed by atoms with Gasteiger partial charge in [0.15, 0.2) is 0 Å². The maximum Gasteiger partial charge on any atom is 0.251 e. The quantitative estimate of drug-likeness (QED) is 0.330. The molecular formula is C32H36N6O3. The van der Waals surface area contributed by atoms with Crippen LogP contribution in [0.15, 0.2) is 60.8 Å². The fourth-order valence-electron chi connectivity index (χ4n) is 5.79. The molecule has 0 radical (unpaired) electrons. The number of benzene rings is 1. The molecule has 4 atom stereocenters. The van der Waals surface area contributed by atoms with Gasteiger partial charge in [0.25, 0.3) is 5.91 Å². The fourth-order valence-corrected chi connectivity index (χ4v) is 5.79. The third kappa shape index (κ3) is 6.07. The molecule has 6 rings (SSSR count). The summed E-state index contributed by atoms with van der Waals surface area (Å²) in [7, 11) is 0. The van der Waals surface area contributed by atoms with Gasteiger partial charge in [-0.25, -0.2) is 9.97 Å². The normalized spacial score (nSPS) is 22.7. The second-order valence-electron chi connectivity index (χ2n) is 11.2. The molecule has 9 nitrogen and oxygen atoms in total. The molecule has 41 heavy (non-hydrogen) atoms. The Kier molecular flexibility index (Phi) is 7.66. The molecule has 3 N–H and O–H groups in total. The van der Waals surface area contributed by atoms with Crippen LogP contribution in [0.2, 0.25) is 0 Å². The molecule has 0 aliphatic carbocycles.